The van der Waals surface area contributed by atoms with Gasteiger partial charge in [-0.1, -0.05) is 0 Å². The largest absolute Gasteiger partial charge is 0.474 e. The van der Waals surface area contributed by atoms with Gasteiger partial charge in [0, 0.05) is 24.0 Å². The normalized spacial score (nSPS) is 26.9. The second-order valence-corrected chi connectivity index (χ2v) is 9.31. The Morgan fingerprint density at radius 3 is 2.63 bits per heavy atom. The molecule has 0 aromatic carbocycles. The van der Waals surface area contributed by atoms with Crippen LogP contribution in [0.4, 0.5) is 0 Å². The van der Waals surface area contributed by atoms with Gasteiger partial charge in [-0.05, 0) is 68.5 Å². The number of nitrogens with zero attached hydrogens (tertiary/aromatic N) is 3. The van der Waals surface area contributed by atoms with Crippen LogP contribution in [0.15, 0.2) is 0 Å². The topological polar surface area (TPSA) is 47.5 Å². The molecule has 0 atom stereocenters. The summed E-state index contributed by atoms with van der Waals surface area (Å²) in [5.74, 6) is 0.722. The summed E-state index contributed by atoms with van der Waals surface area (Å²) in [5, 5.41) is 1.44. The van der Waals surface area contributed by atoms with Crippen molar-refractivity contribution in [2.75, 3.05) is 26.3 Å². The number of rotatable bonds is 3. The first kappa shape index (κ1) is 18.1. The first-order valence-corrected chi connectivity index (χ1v) is 11.4. The predicted octanol–water partition coefficient (Wildman–Crippen LogP) is 4.25. The van der Waals surface area contributed by atoms with Gasteiger partial charge < -0.3 is 9.47 Å². The summed E-state index contributed by atoms with van der Waals surface area (Å²) in [6.07, 6.45) is 9.54. The monoisotopic (exact) mass is 407 g/mol. The van der Waals surface area contributed by atoms with Gasteiger partial charge in [-0.3, -0.25) is 4.90 Å². The van der Waals surface area contributed by atoms with Gasteiger partial charge in [-0.2, -0.15) is 4.98 Å². The Labute approximate surface area is 169 Å². The Hall–Kier alpha value is -0.950. The number of halogens is 1. The van der Waals surface area contributed by atoms with E-state index in [2.05, 4.69) is 14.9 Å². The van der Waals surface area contributed by atoms with Crippen LogP contribution in [-0.2, 0) is 17.6 Å². The van der Waals surface area contributed by atoms with Crippen LogP contribution in [0.2, 0.25) is 5.28 Å². The van der Waals surface area contributed by atoms with E-state index in [1.807, 2.05) is 0 Å². The molecule has 3 aliphatic rings. The fourth-order valence-corrected chi connectivity index (χ4v) is 6.28. The standard InChI is InChI=1S/C20H26ClN3O2S/c21-20-22-18(17-15-3-1-2-4-16(15)27-19(17)23-20)26-14-7-5-13(6-8-14)24-9-11-25-12-10-24/h13-14H,1-12H2. The highest BCUT2D eigenvalue weighted by atomic mass is 35.5. The minimum atomic E-state index is 0.232. The molecule has 3 heterocycles. The number of ether oxygens (including phenoxy) is 2. The molecule has 5 nitrogen and oxygen atoms in total. The van der Waals surface area contributed by atoms with Gasteiger partial charge >= 0.3 is 0 Å². The van der Waals surface area contributed by atoms with Gasteiger partial charge in [0.1, 0.15) is 10.9 Å². The molecule has 7 heteroatoms. The zero-order chi connectivity index (χ0) is 18.2. The molecule has 1 aliphatic heterocycles. The first-order valence-electron chi connectivity index (χ1n) is 10.2. The van der Waals surface area contributed by atoms with Crippen LogP contribution in [0.3, 0.4) is 0 Å². The molecule has 0 bridgehead atoms. The van der Waals surface area contributed by atoms with Gasteiger partial charge in [0.2, 0.25) is 11.2 Å². The summed E-state index contributed by atoms with van der Waals surface area (Å²) >= 11 is 7.99. The van der Waals surface area contributed by atoms with E-state index in [4.69, 9.17) is 21.1 Å². The molecule has 2 aromatic heterocycles. The molecule has 1 saturated carbocycles. The molecule has 0 unspecified atom stereocenters. The van der Waals surface area contributed by atoms with Gasteiger partial charge in [-0.25, -0.2) is 4.98 Å². The number of aryl methyl sites for hydroxylation is 2. The lowest BCUT2D eigenvalue weighted by molar-refractivity contribution is -0.00126. The van der Waals surface area contributed by atoms with Crippen LogP contribution < -0.4 is 4.74 Å². The van der Waals surface area contributed by atoms with Crippen LogP contribution >= 0.6 is 22.9 Å². The fraction of sp³-hybridized carbons (Fsp3) is 0.700. The lowest BCUT2D eigenvalue weighted by Gasteiger charge is -2.38. The summed E-state index contributed by atoms with van der Waals surface area (Å²) < 4.78 is 11.9. The second-order valence-electron chi connectivity index (χ2n) is 7.89. The zero-order valence-corrected chi connectivity index (χ0v) is 17.2. The molecule has 1 saturated heterocycles. The van der Waals surface area contributed by atoms with Gasteiger partial charge in [0.05, 0.1) is 18.6 Å². The molecule has 5 rings (SSSR count). The molecule has 146 valence electrons. The Kier molecular flexibility index (Phi) is 5.24. The minimum Gasteiger partial charge on any atom is -0.474 e. The molecule has 0 radical (unpaired) electrons. The number of hydrogen-bond acceptors (Lipinski definition) is 6. The smallest absolute Gasteiger partial charge is 0.227 e. The van der Waals surface area contributed by atoms with E-state index in [1.54, 1.807) is 11.3 Å². The van der Waals surface area contributed by atoms with Crippen LogP contribution in [0, 0.1) is 0 Å². The van der Waals surface area contributed by atoms with Crippen LogP contribution in [-0.4, -0.2) is 53.3 Å². The number of fused-ring (bicyclic) bond motifs is 3. The summed E-state index contributed by atoms with van der Waals surface area (Å²) in [6, 6.07) is 0.677. The lowest BCUT2D eigenvalue weighted by Crippen LogP contribution is -2.46. The Morgan fingerprint density at radius 1 is 1.04 bits per heavy atom. The Balaban J connectivity index is 1.32. The van der Waals surface area contributed by atoms with Crippen molar-refractivity contribution >= 4 is 33.2 Å². The summed E-state index contributed by atoms with van der Waals surface area (Å²) in [5.41, 5.74) is 1.41. The van der Waals surface area contributed by atoms with E-state index < -0.39 is 0 Å². The number of thiophene rings is 1. The molecular weight excluding hydrogens is 382 g/mol. The fourth-order valence-electron chi connectivity index (χ4n) is 4.81. The number of hydrogen-bond donors (Lipinski definition) is 0. The van der Waals surface area contributed by atoms with Crippen molar-refractivity contribution in [3.8, 4) is 5.88 Å². The van der Waals surface area contributed by atoms with Gasteiger partial charge in [0.25, 0.3) is 0 Å². The Bertz CT molecular complexity index is 813. The van der Waals surface area contributed by atoms with Crippen molar-refractivity contribution < 1.29 is 9.47 Å². The highest BCUT2D eigenvalue weighted by Gasteiger charge is 2.29. The predicted molar refractivity (Wildman–Crippen MR) is 108 cm³/mol. The summed E-state index contributed by atoms with van der Waals surface area (Å²) in [6.45, 7) is 3.88. The molecule has 0 N–H and O–H groups in total. The maximum absolute atomic E-state index is 6.44. The van der Waals surface area contributed by atoms with E-state index >= 15 is 0 Å². The highest BCUT2D eigenvalue weighted by molar-refractivity contribution is 7.18. The molecule has 2 fully saturated rings. The molecule has 2 aliphatic carbocycles. The number of aromatic nitrogens is 2. The average Bonchev–Trinajstić information content (AvgIpc) is 3.07. The zero-order valence-electron chi connectivity index (χ0n) is 15.6. The van der Waals surface area contributed by atoms with Crippen LogP contribution in [0.1, 0.15) is 49.0 Å². The second kappa shape index (κ2) is 7.82. The van der Waals surface area contributed by atoms with Gasteiger partial charge in [0.15, 0.2) is 0 Å². The summed E-state index contributed by atoms with van der Waals surface area (Å²) in [4.78, 5) is 14.0. The molecule has 0 spiro atoms. The van der Waals surface area contributed by atoms with Gasteiger partial charge in [-0.15, -0.1) is 11.3 Å². The van der Waals surface area contributed by atoms with E-state index in [0.29, 0.717) is 11.3 Å². The lowest BCUT2D eigenvalue weighted by atomic mass is 9.91. The molecule has 0 amide bonds. The highest BCUT2D eigenvalue weighted by Crippen LogP contribution is 2.41. The minimum absolute atomic E-state index is 0.232. The molecular formula is C20H26ClN3O2S. The quantitative estimate of drug-likeness (QED) is 0.712. The van der Waals surface area contributed by atoms with Crippen molar-refractivity contribution in [1.29, 1.82) is 0 Å². The third kappa shape index (κ3) is 3.69. The van der Waals surface area contributed by atoms with E-state index in [1.165, 1.54) is 36.1 Å². The van der Waals surface area contributed by atoms with Crippen LogP contribution in [0.25, 0.3) is 10.2 Å². The number of morpholine rings is 1. The average molecular weight is 408 g/mol. The van der Waals surface area contributed by atoms with Crippen molar-refractivity contribution in [3.05, 3.63) is 15.7 Å². The van der Waals surface area contributed by atoms with Crippen molar-refractivity contribution in [3.63, 3.8) is 0 Å². The van der Waals surface area contributed by atoms with E-state index in [-0.39, 0.29) is 6.10 Å². The van der Waals surface area contributed by atoms with Crippen molar-refractivity contribution in [2.24, 2.45) is 0 Å². The Morgan fingerprint density at radius 2 is 1.81 bits per heavy atom. The van der Waals surface area contributed by atoms with E-state index in [9.17, 15) is 0 Å². The van der Waals surface area contributed by atoms with E-state index in [0.717, 1.165) is 68.1 Å². The SMILES string of the molecule is Clc1nc(OC2CCC(N3CCOCC3)CC2)c2c3c(sc2n1)CCCC3. The molecule has 27 heavy (non-hydrogen) atoms. The maximum Gasteiger partial charge on any atom is 0.227 e. The van der Waals surface area contributed by atoms with Crippen LogP contribution in [0.5, 0.6) is 5.88 Å². The van der Waals surface area contributed by atoms with Crippen molar-refractivity contribution in [2.45, 2.75) is 63.5 Å². The third-order valence-electron chi connectivity index (χ3n) is 6.24. The maximum atomic E-state index is 6.44. The summed E-state index contributed by atoms with van der Waals surface area (Å²) in [7, 11) is 0. The van der Waals surface area contributed by atoms with Crippen molar-refractivity contribution in [1.82, 2.24) is 14.9 Å². The third-order valence-corrected chi connectivity index (χ3v) is 7.59. The molecule has 2 aromatic rings. The first-order chi connectivity index (χ1) is 13.3.